The lowest BCUT2D eigenvalue weighted by Gasteiger charge is -1.95. The highest BCUT2D eigenvalue weighted by atomic mass is 16.5. The summed E-state index contributed by atoms with van der Waals surface area (Å²) in [5, 5.41) is 0. The van der Waals surface area contributed by atoms with Crippen LogP contribution in [0.5, 0.6) is 0 Å². The van der Waals surface area contributed by atoms with Gasteiger partial charge in [0.2, 0.25) is 5.76 Å². The summed E-state index contributed by atoms with van der Waals surface area (Å²) in [7, 11) is 1.30. The lowest BCUT2D eigenvalue weighted by atomic mass is 10.3. The molecule has 0 amide bonds. The topological polar surface area (TPSA) is 65.5 Å². The Labute approximate surface area is 92.0 Å². The summed E-state index contributed by atoms with van der Waals surface area (Å²) < 4.78 is 15.3. The summed E-state index contributed by atoms with van der Waals surface area (Å²) in [5.41, 5.74) is 0.134. The van der Waals surface area contributed by atoms with Crippen molar-refractivity contribution in [2.75, 3.05) is 7.11 Å². The zero-order valence-electron chi connectivity index (χ0n) is 9.23. The van der Waals surface area contributed by atoms with Gasteiger partial charge in [0.15, 0.2) is 17.3 Å². The monoisotopic (exact) mass is 221 g/mol. The van der Waals surface area contributed by atoms with Crippen LogP contribution in [0.2, 0.25) is 0 Å². The number of aryl methyl sites for hydroxylation is 2. The number of furan rings is 1. The van der Waals surface area contributed by atoms with Crippen molar-refractivity contribution in [3.63, 3.8) is 0 Å². The zero-order valence-corrected chi connectivity index (χ0v) is 9.23. The molecule has 0 unspecified atom stereocenters. The van der Waals surface area contributed by atoms with Crippen molar-refractivity contribution >= 4 is 5.97 Å². The molecule has 0 spiro atoms. The second-order valence-corrected chi connectivity index (χ2v) is 3.31. The van der Waals surface area contributed by atoms with E-state index in [4.69, 9.17) is 8.83 Å². The van der Waals surface area contributed by atoms with Gasteiger partial charge in [0.25, 0.3) is 0 Å². The molecule has 0 aliphatic rings. The molecule has 2 aromatic rings. The smallest absolute Gasteiger partial charge is 0.360 e. The van der Waals surface area contributed by atoms with E-state index in [1.54, 1.807) is 19.1 Å². The lowest BCUT2D eigenvalue weighted by molar-refractivity contribution is 0.0595. The molecule has 16 heavy (non-hydrogen) atoms. The number of hydrogen-bond acceptors (Lipinski definition) is 5. The lowest BCUT2D eigenvalue weighted by Crippen LogP contribution is -2.03. The van der Waals surface area contributed by atoms with E-state index in [9.17, 15) is 4.79 Å². The van der Waals surface area contributed by atoms with Crippen LogP contribution in [-0.4, -0.2) is 18.1 Å². The maximum Gasteiger partial charge on any atom is 0.360 e. The number of methoxy groups -OCH3 is 1. The number of carbonyl (C=O) groups is 1. The number of carbonyl (C=O) groups excluding carboxylic acids is 1. The Balaban J connectivity index is 2.52. The van der Waals surface area contributed by atoms with E-state index in [0.29, 0.717) is 17.4 Å². The zero-order chi connectivity index (χ0) is 11.7. The summed E-state index contributed by atoms with van der Waals surface area (Å²) in [6.45, 7) is 3.47. The molecule has 0 atom stereocenters. The van der Waals surface area contributed by atoms with Crippen LogP contribution >= 0.6 is 0 Å². The van der Waals surface area contributed by atoms with Crippen LogP contribution in [0.1, 0.15) is 22.1 Å². The largest absolute Gasteiger partial charge is 0.464 e. The first-order chi connectivity index (χ1) is 7.61. The SMILES string of the molecule is COC(=O)c1nc(C)oc1-c1ccc(C)o1. The molecule has 84 valence electrons. The number of nitrogens with zero attached hydrogens (tertiary/aromatic N) is 1. The average molecular weight is 221 g/mol. The molecule has 2 heterocycles. The molecule has 0 N–H and O–H groups in total. The second-order valence-electron chi connectivity index (χ2n) is 3.31. The Morgan fingerprint density at radius 1 is 1.31 bits per heavy atom. The van der Waals surface area contributed by atoms with Gasteiger partial charge in [-0.1, -0.05) is 0 Å². The second kappa shape index (κ2) is 3.84. The van der Waals surface area contributed by atoms with Crippen LogP contribution in [0.15, 0.2) is 21.0 Å². The molecule has 0 aliphatic heterocycles. The summed E-state index contributed by atoms with van der Waals surface area (Å²) in [6, 6.07) is 3.51. The van der Waals surface area contributed by atoms with E-state index in [1.165, 1.54) is 7.11 Å². The molecule has 0 aromatic carbocycles. The number of hydrogen-bond donors (Lipinski definition) is 0. The molecule has 5 heteroatoms. The van der Waals surface area contributed by atoms with Crippen molar-refractivity contribution in [2.45, 2.75) is 13.8 Å². The fourth-order valence-corrected chi connectivity index (χ4v) is 1.39. The molecule has 0 radical (unpaired) electrons. The Kier molecular flexibility index (Phi) is 2.52. The van der Waals surface area contributed by atoms with Gasteiger partial charge in [-0.15, -0.1) is 0 Å². The third-order valence-corrected chi connectivity index (χ3v) is 2.08. The highest BCUT2D eigenvalue weighted by Crippen LogP contribution is 2.27. The van der Waals surface area contributed by atoms with E-state index in [2.05, 4.69) is 9.72 Å². The van der Waals surface area contributed by atoms with Crippen molar-refractivity contribution in [3.8, 4) is 11.5 Å². The Bertz CT molecular complexity index is 524. The van der Waals surface area contributed by atoms with Crippen molar-refractivity contribution < 1.29 is 18.4 Å². The molecular weight excluding hydrogens is 210 g/mol. The van der Waals surface area contributed by atoms with Crippen LogP contribution in [0.4, 0.5) is 0 Å². The van der Waals surface area contributed by atoms with Gasteiger partial charge in [-0.05, 0) is 19.1 Å². The third-order valence-electron chi connectivity index (χ3n) is 2.08. The van der Waals surface area contributed by atoms with Gasteiger partial charge in [0.05, 0.1) is 7.11 Å². The molecule has 0 fully saturated rings. The summed E-state index contributed by atoms with van der Waals surface area (Å²) >= 11 is 0. The molecular formula is C11H11NO4. The molecule has 5 nitrogen and oxygen atoms in total. The minimum absolute atomic E-state index is 0.134. The fourth-order valence-electron chi connectivity index (χ4n) is 1.39. The number of esters is 1. The molecule has 2 rings (SSSR count). The fraction of sp³-hybridized carbons (Fsp3) is 0.273. The number of ether oxygens (including phenoxy) is 1. The van der Waals surface area contributed by atoms with Crippen molar-refractivity contribution in [2.24, 2.45) is 0 Å². The van der Waals surface area contributed by atoms with E-state index >= 15 is 0 Å². The first kappa shape index (κ1) is 10.5. The van der Waals surface area contributed by atoms with E-state index in [0.717, 1.165) is 5.76 Å². The van der Waals surface area contributed by atoms with Gasteiger partial charge in [0, 0.05) is 6.92 Å². The molecule has 0 aliphatic carbocycles. The first-order valence-electron chi connectivity index (χ1n) is 4.74. The molecule has 0 saturated carbocycles. The number of aromatic nitrogens is 1. The Morgan fingerprint density at radius 3 is 2.62 bits per heavy atom. The third kappa shape index (κ3) is 1.71. The van der Waals surface area contributed by atoms with E-state index in [-0.39, 0.29) is 5.69 Å². The standard InChI is InChI=1S/C11H11NO4/c1-6-4-5-8(15-6)10-9(11(13)14-3)12-7(2)16-10/h4-5H,1-3H3. The highest BCUT2D eigenvalue weighted by molar-refractivity contribution is 5.92. The quantitative estimate of drug-likeness (QED) is 0.728. The van der Waals surface area contributed by atoms with Crippen LogP contribution in [0, 0.1) is 13.8 Å². The maximum atomic E-state index is 11.4. The summed E-state index contributed by atoms with van der Waals surface area (Å²) in [6.07, 6.45) is 0. The van der Waals surface area contributed by atoms with E-state index < -0.39 is 5.97 Å². The predicted octanol–water partition coefficient (Wildman–Crippen LogP) is 2.34. The van der Waals surface area contributed by atoms with Crippen LogP contribution < -0.4 is 0 Å². The van der Waals surface area contributed by atoms with Gasteiger partial charge < -0.3 is 13.6 Å². The highest BCUT2D eigenvalue weighted by Gasteiger charge is 2.22. The predicted molar refractivity (Wildman–Crippen MR) is 55.0 cm³/mol. The first-order valence-corrected chi connectivity index (χ1v) is 4.74. The average Bonchev–Trinajstić information content (AvgIpc) is 2.83. The van der Waals surface area contributed by atoms with Gasteiger partial charge in [0.1, 0.15) is 5.76 Å². The minimum atomic E-state index is -0.541. The van der Waals surface area contributed by atoms with Crippen molar-refractivity contribution in [3.05, 3.63) is 29.5 Å². The molecule has 0 saturated heterocycles. The number of oxazole rings is 1. The Morgan fingerprint density at radius 2 is 2.06 bits per heavy atom. The number of rotatable bonds is 2. The van der Waals surface area contributed by atoms with Gasteiger partial charge in [-0.3, -0.25) is 0 Å². The van der Waals surface area contributed by atoms with Crippen LogP contribution in [0.3, 0.4) is 0 Å². The van der Waals surface area contributed by atoms with Gasteiger partial charge in [-0.2, -0.15) is 0 Å². The Hall–Kier alpha value is -2.04. The van der Waals surface area contributed by atoms with Crippen molar-refractivity contribution in [1.82, 2.24) is 4.98 Å². The summed E-state index contributed by atoms with van der Waals surface area (Å²) in [5.74, 6) is 1.36. The molecule has 2 aromatic heterocycles. The van der Waals surface area contributed by atoms with Crippen LogP contribution in [-0.2, 0) is 4.74 Å². The normalized spacial score (nSPS) is 10.4. The van der Waals surface area contributed by atoms with E-state index in [1.807, 2.05) is 6.92 Å². The minimum Gasteiger partial charge on any atom is -0.464 e. The van der Waals surface area contributed by atoms with Crippen molar-refractivity contribution in [1.29, 1.82) is 0 Å². The van der Waals surface area contributed by atoms with Gasteiger partial charge >= 0.3 is 5.97 Å². The maximum absolute atomic E-state index is 11.4. The summed E-state index contributed by atoms with van der Waals surface area (Å²) in [4.78, 5) is 15.4. The molecule has 0 bridgehead atoms. The van der Waals surface area contributed by atoms with Gasteiger partial charge in [-0.25, -0.2) is 9.78 Å². The van der Waals surface area contributed by atoms with Crippen LogP contribution in [0.25, 0.3) is 11.5 Å².